The van der Waals surface area contributed by atoms with Crippen molar-refractivity contribution in [2.45, 2.75) is 71.1 Å². The van der Waals surface area contributed by atoms with Gasteiger partial charge in [-0.3, -0.25) is 4.98 Å². The van der Waals surface area contributed by atoms with Crippen molar-refractivity contribution in [2.24, 2.45) is 0 Å². The number of aryl methyl sites for hydroxylation is 2. The van der Waals surface area contributed by atoms with Gasteiger partial charge < -0.3 is 4.74 Å². The number of nitrogens with zero attached hydrogens (tertiary/aromatic N) is 3. The SMILES string of the molecule is CCCC(CCCCCc1ccccn1)c1cc(C)n(-c2ccc(OC(F)(F)F)cc2)n1. The largest absolute Gasteiger partial charge is 0.573 e. The van der Waals surface area contributed by atoms with Gasteiger partial charge in [-0.2, -0.15) is 5.10 Å². The Bertz CT molecular complexity index is 953. The van der Waals surface area contributed by atoms with E-state index in [0.717, 1.165) is 62.0 Å². The van der Waals surface area contributed by atoms with E-state index in [2.05, 4.69) is 28.8 Å². The molecule has 1 aromatic carbocycles. The number of pyridine rings is 1. The van der Waals surface area contributed by atoms with Gasteiger partial charge in [-0.15, -0.1) is 13.2 Å². The minimum atomic E-state index is -4.69. The summed E-state index contributed by atoms with van der Waals surface area (Å²) in [5, 5.41) is 4.79. The molecule has 0 N–H and O–H groups in total. The monoisotopic (exact) mass is 445 g/mol. The summed E-state index contributed by atoms with van der Waals surface area (Å²) in [6.45, 7) is 4.14. The number of hydrogen-bond donors (Lipinski definition) is 0. The van der Waals surface area contributed by atoms with Crippen molar-refractivity contribution in [1.82, 2.24) is 14.8 Å². The molecule has 0 bridgehead atoms. The Morgan fingerprint density at radius 2 is 1.78 bits per heavy atom. The van der Waals surface area contributed by atoms with Gasteiger partial charge in [-0.05, 0) is 75.1 Å². The lowest BCUT2D eigenvalue weighted by atomic mass is 9.93. The lowest BCUT2D eigenvalue weighted by Gasteiger charge is -2.14. The lowest BCUT2D eigenvalue weighted by molar-refractivity contribution is -0.274. The van der Waals surface area contributed by atoms with Crippen LogP contribution in [0.1, 0.15) is 68.4 Å². The Balaban J connectivity index is 1.59. The normalized spacial score (nSPS) is 12.7. The van der Waals surface area contributed by atoms with Crippen molar-refractivity contribution in [3.8, 4) is 11.4 Å². The molecule has 0 fully saturated rings. The van der Waals surface area contributed by atoms with E-state index in [-0.39, 0.29) is 5.75 Å². The standard InChI is InChI=1S/C25H30F3N3O/c1-3-9-20(10-5-4-6-11-21-12-7-8-17-29-21)24-18-19(2)31(30-24)22-13-15-23(16-14-22)32-25(26,27)28/h7-8,12-18,20H,3-6,9-11H2,1-2H3. The van der Waals surface area contributed by atoms with Gasteiger partial charge in [0.1, 0.15) is 5.75 Å². The average molecular weight is 446 g/mol. The maximum absolute atomic E-state index is 12.4. The van der Waals surface area contributed by atoms with E-state index in [4.69, 9.17) is 5.10 Å². The third-order valence-electron chi connectivity index (χ3n) is 5.49. The molecule has 0 spiro atoms. The molecule has 7 heteroatoms. The minimum absolute atomic E-state index is 0.235. The van der Waals surface area contributed by atoms with Crippen LogP contribution in [0.4, 0.5) is 13.2 Å². The van der Waals surface area contributed by atoms with Crippen LogP contribution in [0.25, 0.3) is 5.69 Å². The number of rotatable bonds is 11. The third-order valence-corrected chi connectivity index (χ3v) is 5.49. The van der Waals surface area contributed by atoms with Gasteiger partial charge in [-0.25, -0.2) is 4.68 Å². The van der Waals surface area contributed by atoms with Crippen LogP contribution in [-0.4, -0.2) is 21.1 Å². The van der Waals surface area contributed by atoms with E-state index in [1.54, 1.807) is 16.8 Å². The molecule has 0 saturated carbocycles. The molecular formula is C25H30F3N3O. The Morgan fingerprint density at radius 1 is 1.00 bits per heavy atom. The number of benzene rings is 1. The first kappa shape index (κ1) is 23.8. The zero-order valence-corrected chi connectivity index (χ0v) is 18.6. The summed E-state index contributed by atoms with van der Waals surface area (Å²) in [4.78, 5) is 4.38. The summed E-state index contributed by atoms with van der Waals surface area (Å²) < 4.78 is 42.9. The molecule has 32 heavy (non-hydrogen) atoms. The lowest BCUT2D eigenvalue weighted by Crippen LogP contribution is -2.17. The molecule has 3 rings (SSSR count). The molecule has 0 aliphatic heterocycles. The van der Waals surface area contributed by atoms with E-state index in [1.165, 1.54) is 12.1 Å². The van der Waals surface area contributed by atoms with E-state index >= 15 is 0 Å². The highest BCUT2D eigenvalue weighted by Gasteiger charge is 2.31. The van der Waals surface area contributed by atoms with Gasteiger partial charge in [0.05, 0.1) is 11.4 Å². The van der Waals surface area contributed by atoms with Crippen molar-refractivity contribution < 1.29 is 17.9 Å². The van der Waals surface area contributed by atoms with E-state index in [9.17, 15) is 13.2 Å². The predicted molar refractivity (Wildman–Crippen MR) is 119 cm³/mol. The van der Waals surface area contributed by atoms with E-state index in [1.807, 2.05) is 25.3 Å². The van der Waals surface area contributed by atoms with Crippen LogP contribution in [0.3, 0.4) is 0 Å². The summed E-state index contributed by atoms with van der Waals surface area (Å²) in [7, 11) is 0. The molecule has 0 aliphatic rings. The molecule has 2 heterocycles. The summed E-state index contributed by atoms with van der Waals surface area (Å²) in [6, 6.07) is 13.9. The van der Waals surface area contributed by atoms with Gasteiger partial charge in [0.15, 0.2) is 0 Å². The topological polar surface area (TPSA) is 39.9 Å². The number of alkyl halides is 3. The van der Waals surface area contributed by atoms with Gasteiger partial charge in [0.25, 0.3) is 0 Å². The number of halogens is 3. The second-order valence-corrected chi connectivity index (χ2v) is 8.07. The first-order valence-electron chi connectivity index (χ1n) is 11.2. The Kier molecular flexibility index (Phi) is 8.31. The smallest absolute Gasteiger partial charge is 0.406 e. The molecule has 3 aromatic rings. The van der Waals surface area contributed by atoms with Crippen LogP contribution in [0.5, 0.6) is 5.75 Å². The van der Waals surface area contributed by atoms with Crippen molar-refractivity contribution >= 4 is 0 Å². The molecule has 0 aliphatic carbocycles. The zero-order valence-electron chi connectivity index (χ0n) is 18.6. The minimum Gasteiger partial charge on any atom is -0.406 e. The van der Waals surface area contributed by atoms with E-state index < -0.39 is 6.36 Å². The van der Waals surface area contributed by atoms with Crippen molar-refractivity contribution in [2.75, 3.05) is 0 Å². The molecular weight excluding hydrogens is 415 g/mol. The Hall–Kier alpha value is -2.83. The van der Waals surface area contributed by atoms with Crippen LogP contribution in [-0.2, 0) is 6.42 Å². The maximum Gasteiger partial charge on any atom is 0.573 e. The third kappa shape index (κ3) is 7.11. The molecule has 1 atom stereocenters. The van der Waals surface area contributed by atoms with Gasteiger partial charge in [-0.1, -0.05) is 32.3 Å². The number of hydrogen-bond acceptors (Lipinski definition) is 3. The molecule has 172 valence electrons. The van der Waals surface area contributed by atoms with Gasteiger partial charge in [0, 0.05) is 23.5 Å². The summed E-state index contributed by atoms with van der Waals surface area (Å²) in [6.07, 6.45) is 4.76. The quantitative estimate of drug-likeness (QED) is 0.294. The highest BCUT2D eigenvalue weighted by atomic mass is 19.4. The highest BCUT2D eigenvalue weighted by Crippen LogP contribution is 2.29. The molecule has 1 unspecified atom stereocenters. The number of aromatic nitrogens is 3. The highest BCUT2D eigenvalue weighted by molar-refractivity contribution is 5.38. The van der Waals surface area contributed by atoms with Crippen LogP contribution in [0.2, 0.25) is 0 Å². The van der Waals surface area contributed by atoms with Crippen LogP contribution in [0, 0.1) is 6.92 Å². The Labute approximate surface area is 187 Å². The van der Waals surface area contributed by atoms with Crippen molar-refractivity contribution in [1.29, 1.82) is 0 Å². The first-order chi connectivity index (χ1) is 15.4. The maximum atomic E-state index is 12.4. The number of unbranched alkanes of at least 4 members (excludes halogenated alkanes) is 2. The second kappa shape index (κ2) is 11.2. The van der Waals surface area contributed by atoms with Crippen LogP contribution >= 0.6 is 0 Å². The molecule has 4 nitrogen and oxygen atoms in total. The fraction of sp³-hybridized carbons (Fsp3) is 0.440. The predicted octanol–water partition coefficient (Wildman–Crippen LogP) is 7.16. The van der Waals surface area contributed by atoms with E-state index in [0.29, 0.717) is 11.6 Å². The summed E-state index contributed by atoms with van der Waals surface area (Å²) in [5.74, 6) is 0.142. The first-order valence-corrected chi connectivity index (χ1v) is 11.2. The molecule has 2 aromatic heterocycles. The fourth-order valence-corrected chi connectivity index (χ4v) is 3.96. The molecule has 0 radical (unpaired) electrons. The fourth-order valence-electron chi connectivity index (χ4n) is 3.96. The average Bonchev–Trinajstić information content (AvgIpc) is 3.14. The molecule has 0 saturated heterocycles. The summed E-state index contributed by atoms with van der Waals surface area (Å²) >= 11 is 0. The van der Waals surface area contributed by atoms with Crippen LogP contribution in [0.15, 0.2) is 54.7 Å². The number of ether oxygens (including phenoxy) is 1. The second-order valence-electron chi connectivity index (χ2n) is 8.07. The zero-order chi connectivity index (χ0) is 23.0. The summed E-state index contributed by atoms with van der Waals surface area (Å²) in [5.41, 5.74) is 3.86. The Morgan fingerprint density at radius 3 is 2.44 bits per heavy atom. The molecule has 0 amide bonds. The van der Waals surface area contributed by atoms with Gasteiger partial charge >= 0.3 is 6.36 Å². The van der Waals surface area contributed by atoms with Crippen LogP contribution < -0.4 is 4.74 Å². The van der Waals surface area contributed by atoms with Crippen molar-refractivity contribution in [3.05, 3.63) is 71.8 Å². The van der Waals surface area contributed by atoms with Gasteiger partial charge in [0.2, 0.25) is 0 Å². The van der Waals surface area contributed by atoms with Crippen molar-refractivity contribution in [3.63, 3.8) is 0 Å².